The van der Waals surface area contributed by atoms with E-state index >= 15 is 0 Å². The van der Waals surface area contributed by atoms with Crippen LogP contribution in [0.4, 0.5) is 0 Å². The number of nitrogens with two attached hydrogens (primary N) is 1. The lowest BCUT2D eigenvalue weighted by Crippen LogP contribution is -2.42. The smallest absolute Gasteiger partial charge is 0.224 e. The summed E-state index contributed by atoms with van der Waals surface area (Å²) in [6.07, 6.45) is 1.08. The van der Waals surface area contributed by atoms with Crippen LogP contribution in [0.5, 0.6) is 0 Å². The van der Waals surface area contributed by atoms with E-state index < -0.39 is 5.41 Å². The average Bonchev–Trinajstić information content (AvgIpc) is 2.96. The Balaban J connectivity index is 0.00000529. The Labute approximate surface area is 162 Å². The van der Waals surface area contributed by atoms with Gasteiger partial charge in [0.2, 0.25) is 5.91 Å². The number of amides is 1. The molecule has 0 bridgehead atoms. The van der Waals surface area contributed by atoms with Gasteiger partial charge in [0.05, 0.1) is 31.8 Å². The topological polar surface area (TPSA) is 89.2 Å². The number of primary amides is 1. The second-order valence-electron chi connectivity index (χ2n) is 6.59. The summed E-state index contributed by atoms with van der Waals surface area (Å²) in [5.41, 5.74) is 4.78. The van der Waals surface area contributed by atoms with Crippen LogP contribution in [0.3, 0.4) is 0 Å². The number of aliphatic imine (C=N–C) groups is 1. The quantitative estimate of drug-likeness (QED) is 0.235. The molecule has 1 saturated heterocycles. The molecule has 142 valence electrons. The first-order valence-corrected chi connectivity index (χ1v) is 8.30. The van der Waals surface area contributed by atoms with Crippen molar-refractivity contribution in [2.75, 3.05) is 53.1 Å². The van der Waals surface area contributed by atoms with Crippen molar-refractivity contribution in [3.05, 3.63) is 0 Å². The highest BCUT2D eigenvalue weighted by Crippen LogP contribution is 2.18. The summed E-state index contributed by atoms with van der Waals surface area (Å²) in [6, 6.07) is 0. The monoisotopic (exact) mass is 456 g/mol. The van der Waals surface area contributed by atoms with Crippen LogP contribution in [-0.4, -0.2) is 69.9 Å². The second kappa shape index (κ2) is 11.9. The minimum atomic E-state index is -0.636. The molecule has 1 aliphatic heterocycles. The van der Waals surface area contributed by atoms with Crippen LogP contribution >= 0.6 is 24.0 Å². The van der Waals surface area contributed by atoms with Gasteiger partial charge in [-0.1, -0.05) is 0 Å². The van der Waals surface area contributed by atoms with Crippen LogP contribution in [0.25, 0.3) is 0 Å². The number of ether oxygens (including phenoxy) is 2. The number of carbonyl (C=O) groups is 1. The molecule has 24 heavy (non-hydrogen) atoms. The molecule has 8 heteroatoms. The lowest BCUT2D eigenvalue weighted by atomic mass is 9.93. The number of hydrogen-bond donors (Lipinski definition) is 2. The summed E-state index contributed by atoms with van der Waals surface area (Å²) in [4.78, 5) is 18.3. The summed E-state index contributed by atoms with van der Waals surface area (Å²) in [7, 11) is 1.67. The van der Waals surface area contributed by atoms with Crippen molar-refractivity contribution in [3.63, 3.8) is 0 Å². The van der Waals surface area contributed by atoms with Crippen LogP contribution in [0.15, 0.2) is 4.99 Å². The molecule has 7 nitrogen and oxygen atoms in total. The maximum absolute atomic E-state index is 11.4. The number of rotatable bonds is 9. The molecule has 0 aliphatic carbocycles. The SMILES string of the molecule is CCNC(=NCC(C)(C)C(N)=O)N1CCC(COCCOC)C1.I. The fourth-order valence-corrected chi connectivity index (χ4v) is 2.33. The molecule has 3 N–H and O–H groups in total. The van der Waals surface area contributed by atoms with Gasteiger partial charge in [-0.05, 0) is 27.2 Å². The van der Waals surface area contributed by atoms with Gasteiger partial charge in [0, 0.05) is 32.7 Å². The molecule has 1 rings (SSSR count). The van der Waals surface area contributed by atoms with E-state index in [-0.39, 0.29) is 29.9 Å². The number of hydrogen-bond acceptors (Lipinski definition) is 4. The summed E-state index contributed by atoms with van der Waals surface area (Å²) in [5, 5.41) is 3.30. The normalized spacial score (nSPS) is 18.4. The van der Waals surface area contributed by atoms with Crippen LogP contribution in [0.1, 0.15) is 27.2 Å². The maximum Gasteiger partial charge on any atom is 0.224 e. The van der Waals surface area contributed by atoms with E-state index in [9.17, 15) is 4.79 Å². The highest BCUT2D eigenvalue weighted by Gasteiger charge is 2.28. The molecule has 0 aromatic rings. The molecule has 1 fully saturated rings. The third-order valence-corrected chi connectivity index (χ3v) is 4.00. The average molecular weight is 456 g/mol. The van der Waals surface area contributed by atoms with E-state index in [0.29, 0.717) is 25.7 Å². The molecule has 0 spiro atoms. The van der Waals surface area contributed by atoms with Crippen LogP contribution in [0, 0.1) is 11.3 Å². The Morgan fingerprint density at radius 1 is 1.42 bits per heavy atom. The number of likely N-dealkylation sites (tertiary alicyclic amines) is 1. The summed E-state index contributed by atoms with van der Waals surface area (Å²) in [6.45, 7) is 10.7. The molecular formula is C16H33IN4O3. The zero-order valence-corrected chi connectivity index (χ0v) is 17.7. The van der Waals surface area contributed by atoms with Gasteiger partial charge in [-0.2, -0.15) is 0 Å². The minimum absolute atomic E-state index is 0. The number of guanidine groups is 1. The van der Waals surface area contributed by atoms with Crippen LogP contribution < -0.4 is 11.1 Å². The standard InChI is InChI=1S/C16H32N4O3.HI/c1-5-18-15(19-12-16(2,3)14(17)21)20-7-6-13(10-20)11-23-9-8-22-4;/h13H,5-12H2,1-4H3,(H2,17,21)(H,18,19);1H. The van der Waals surface area contributed by atoms with Gasteiger partial charge >= 0.3 is 0 Å². The summed E-state index contributed by atoms with van der Waals surface area (Å²) < 4.78 is 10.6. The van der Waals surface area contributed by atoms with Gasteiger partial charge < -0.3 is 25.4 Å². The van der Waals surface area contributed by atoms with Crippen molar-refractivity contribution in [2.24, 2.45) is 22.1 Å². The number of carbonyl (C=O) groups excluding carboxylic acids is 1. The van der Waals surface area contributed by atoms with E-state index in [4.69, 9.17) is 15.2 Å². The maximum atomic E-state index is 11.4. The molecule has 0 saturated carbocycles. The third-order valence-electron chi connectivity index (χ3n) is 4.00. The Morgan fingerprint density at radius 2 is 2.12 bits per heavy atom. The van der Waals surface area contributed by atoms with E-state index in [2.05, 4.69) is 15.2 Å². The zero-order valence-electron chi connectivity index (χ0n) is 15.3. The van der Waals surface area contributed by atoms with Crippen molar-refractivity contribution < 1.29 is 14.3 Å². The van der Waals surface area contributed by atoms with Crippen molar-refractivity contribution in [3.8, 4) is 0 Å². The van der Waals surface area contributed by atoms with Crippen LogP contribution in [-0.2, 0) is 14.3 Å². The molecule has 1 atom stereocenters. The predicted molar refractivity (Wildman–Crippen MR) is 107 cm³/mol. The first-order chi connectivity index (χ1) is 10.9. The Morgan fingerprint density at radius 3 is 2.71 bits per heavy atom. The fourth-order valence-electron chi connectivity index (χ4n) is 2.33. The number of methoxy groups -OCH3 is 1. The van der Waals surface area contributed by atoms with Crippen LogP contribution in [0.2, 0.25) is 0 Å². The third kappa shape index (κ3) is 7.98. The lowest BCUT2D eigenvalue weighted by molar-refractivity contribution is -0.125. The van der Waals surface area contributed by atoms with Gasteiger partial charge in [-0.3, -0.25) is 9.79 Å². The van der Waals surface area contributed by atoms with Gasteiger partial charge in [0.15, 0.2) is 5.96 Å². The highest BCUT2D eigenvalue weighted by molar-refractivity contribution is 14.0. The summed E-state index contributed by atoms with van der Waals surface area (Å²) in [5.74, 6) is 1.02. The summed E-state index contributed by atoms with van der Waals surface area (Å²) >= 11 is 0. The number of halogens is 1. The molecular weight excluding hydrogens is 423 g/mol. The molecule has 1 unspecified atom stereocenters. The fraction of sp³-hybridized carbons (Fsp3) is 0.875. The molecule has 0 radical (unpaired) electrons. The molecule has 1 aliphatic rings. The molecule has 1 amide bonds. The first kappa shape index (κ1) is 23.4. The Hall–Kier alpha value is -0.610. The van der Waals surface area contributed by atoms with Crippen molar-refractivity contribution in [1.29, 1.82) is 0 Å². The predicted octanol–water partition coefficient (Wildman–Crippen LogP) is 1.07. The molecule has 0 aromatic carbocycles. The van der Waals surface area contributed by atoms with Gasteiger partial charge in [-0.25, -0.2) is 0 Å². The Bertz CT molecular complexity index is 405. The van der Waals surface area contributed by atoms with E-state index in [1.165, 1.54) is 0 Å². The van der Waals surface area contributed by atoms with E-state index in [1.54, 1.807) is 7.11 Å². The number of nitrogens with one attached hydrogen (secondary N) is 1. The highest BCUT2D eigenvalue weighted by atomic mass is 127. The van der Waals surface area contributed by atoms with E-state index in [1.807, 2.05) is 20.8 Å². The van der Waals surface area contributed by atoms with Crippen molar-refractivity contribution >= 4 is 35.8 Å². The van der Waals surface area contributed by atoms with Crippen molar-refractivity contribution in [2.45, 2.75) is 27.2 Å². The van der Waals surface area contributed by atoms with Gasteiger partial charge in [0.25, 0.3) is 0 Å². The van der Waals surface area contributed by atoms with Gasteiger partial charge in [0.1, 0.15) is 0 Å². The minimum Gasteiger partial charge on any atom is -0.382 e. The van der Waals surface area contributed by atoms with Crippen molar-refractivity contribution in [1.82, 2.24) is 10.2 Å². The first-order valence-electron chi connectivity index (χ1n) is 8.30. The lowest BCUT2D eigenvalue weighted by Gasteiger charge is -2.24. The molecule has 0 aromatic heterocycles. The number of nitrogens with zero attached hydrogens (tertiary/aromatic N) is 2. The Kier molecular flexibility index (Phi) is 11.6. The van der Waals surface area contributed by atoms with E-state index in [0.717, 1.165) is 38.6 Å². The largest absolute Gasteiger partial charge is 0.382 e. The second-order valence-corrected chi connectivity index (χ2v) is 6.59. The molecule has 1 heterocycles. The van der Waals surface area contributed by atoms with Gasteiger partial charge in [-0.15, -0.1) is 24.0 Å². The zero-order chi connectivity index (χ0) is 17.3.